The highest BCUT2D eigenvalue weighted by molar-refractivity contribution is 7.98. The molecule has 0 saturated carbocycles. The van der Waals surface area contributed by atoms with E-state index >= 15 is 0 Å². The molecule has 0 saturated heterocycles. The summed E-state index contributed by atoms with van der Waals surface area (Å²) in [4.78, 5) is 12.1. The number of hydrogen-bond acceptors (Lipinski definition) is 8. The summed E-state index contributed by atoms with van der Waals surface area (Å²) < 4.78 is 4.95. The Morgan fingerprint density at radius 3 is 2.65 bits per heavy atom. The van der Waals surface area contributed by atoms with E-state index < -0.39 is 0 Å². The van der Waals surface area contributed by atoms with Gasteiger partial charge in [-0.1, -0.05) is 6.92 Å². The van der Waals surface area contributed by atoms with Gasteiger partial charge in [-0.25, -0.2) is 5.84 Å². The van der Waals surface area contributed by atoms with Crippen LogP contribution in [0.4, 0.5) is 11.9 Å². The van der Waals surface area contributed by atoms with Crippen LogP contribution in [-0.4, -0.2) is 40.6 Å². The molecule has 1 aromatic heterocycles. The lowest BCUT2D eigenvalue weighted by Gasteiger charge is -2.11. The molecule has 1 aromatic rings. The molecule has 1 heterocycles. The van der Waals surface area contributed by atoms with Gasteiger partial charge in [-0.15, -0.1) is 0 Å². The summed E-state index contributed by atoms with van der Waals surface area (Å²) in [6.07, 6.45) is 2.08. The van der Waals surface area contributed by atoms with Crippen molar-refractivity contribution in [3.63, 3.8) is 0 Å². The molecule has 1 rings (SSSR count). The van der Waals surface area contributed by atoms with Crippen LogP contribution < -0.4 is 21.3 Å². The summed E-state index contributed by atoms with van der Waals surface area (Å²) in [5.41, 5.74) is 2.37. The number of nitrogens with one attached hydrogen (secondary N) is 2. The maximum absolute atomic E-state index is 5.26. The largest absolute Gasteiger partial charge is 0.467 e. The minimum absolute atomic E-state index is 0.230. The number of ether oxygens (including phenoxy) is 1. The molecule has 96 valence electrons. The summed E-state index contributed by atoms with van der Waals surface area (Å²) in [6, 6.07) is 0.230. The Hall–Kier alpha value is -1.28. The van der Waals surface area contributed by atoms with E-state index in [1.807, 2.05) is 11.8 Å². The molecule has 0 fully saturated rings. The van der Waals surface area contributed by atoms with E-state index in [0.29, 0.717) is 11.9 Å². The first-order chi connectivity index (χ1) is 8.19. The first kappa shape index (κ1) is 13.8. The molecule has 7 nitrogen and oxygen atoms in total. The van der Waals surface area contributed by atoms with Gasteiger partial charge in [0.1, 0.15) is 0 Å². The van der Waals surface area contributed by atoms with Crippen LogP contribution in [0.2, 0.25) is 0 Å². The van der Waals surface area contributed by atoms with Crippen molar-refractivity contribution in [2.24, 2.45) is 11.8 Å². The first-order valence-electron chi connectivity index (χ1n) is 5.19. The van der Waals surface area contributed by atoms with Gasteiger partial charge in [0.2, 0.25) is 11.9 Å². The molecule has 17 heavy (non-hydrogen) atoms. The van der Waals surface area contributed by atoms with Crippen LogP contribution in [0.15, 0.2) is 0 Å². The Morgan fingerprint density at radius 1 is 1.35 bits per heavy atom. The summed E-state index contributed by atoms with van der Waals surface area (Å²) >= 11 is 1.81. The van der Waals surface area contributed by atoms with Gasteiger partial charge >= 0.3 is 6.01 Å². The minimum atomic E-state index is 0.230. The van der Waals surface area contributed by atoms with E-state index in [4.69, 9.17) is 10.6 Å². The van der Waals surface area contributed by atoms with Crippen LogP contribution in [0.5, 0.6) is 6.01 Å². The number of hydrazine groups is 1. The molecular weight excluding hydrogens is 240 g/mol. The molecular formula is C9H18N6OS. The highest BCUT2D eigenvalue weighted by Gasteiger charge is 2.07. The maximum atomic E-state index is 5.26. The van der Waals surface area contributed by atoms with Crippen molar-refractivity contribution in [3.8, 4) is 6.01 Å². The van der Waals surface area contributed by atoms with Crippen molar-refractivity contribution in [2.45, 2.75) is 6.92 Å². The zero-order chi connectivity index (χ0) is 12.7. The lowest BCUT2D eigenvalue weighted by Crippen LogP contribution is -2.17. The van der Waals surface area contributed by atoms with Crippen molar-refractivity contribution in [3.05, 3.63) is 0 Å². The summed E-state index contributed by atoms with van der Waals surface area (Å²) in [5.74, 6) is 7.60. The van der Waals surface area contributed by atoms with Gasteiger partial charge in [0.25, 0.3) is 0 Å². The second-order valence-electron chi connectivity index (χ2n) is 3.56. The number of nitrogens with zero attached hydrogens (tertiary/aromatic N) is 3. The number of rotatable bonds is 7. The fraction of sp³-hybridized carbons (Fsp3) is 0.667. The van der Waals surface area contributed by atoms with E-state index in [0.717, 1.165) is 12.3 Å². The van der Waals surface area contributed by atoms with Gasteiger partial charge < -0.3 is 10.1 Å². The molecule has 0 bridgehead atoms. The molecule has 0 aliphatic carbocycles. The molecule has 1 unspecified atom stereocenters. The fourth-order valence-electron chi connectivity index (χ4n) is 1.20. The fourth-order valence-corrected chi connectivity index (χ4v) is 1.89. The number of methoxy groups -OCH3 is 1. The number of nitrogen functional groups attached to an aromatic ring is 1. The molecule has 0 radical (unpaired) electrons. The van der Waals surface area contributed by atoms with Crippen LogP contribution in [0.3, 0.4) is 0 Å². The van der Waals surface area contributed by atoms with Crippen LogP contribution >= 0.6 is 11.8 Å². The zero-order valence-corrected chi connectivity index (χ0v) is 11.0. The second-order valence-corrected chi connectivity index (χ2v) is 4.47. The van der Waals surface area contributed by atoms with Crippen molar-refractivity contribution >= 4 is 23.7 Å². The third-order valence-electron chi connectivity index (χ3n) is 1.99. The molecule has 8 heteroatoms. The molecule has 0 aliphatic heterocycles. The predicted molar refractivity (Wildman–Crippen MR) is 70.2 cm³/mol. The third kappa shape index (κ3) is 4.61. The van der Waals surface area contributed by atoms with Gasteiger partial charge in [0.05, 0.1) is 7.11 Å². The normalized spacial score (nSPS) is 12.0. The molecule has 4 N–H and O–H groups in total. The molecule has 0 amide bonds. The van der Waals surface area contributed by atoms with Gasteiger partial charge in [-0.2, -0.15) is 26.7 Å². The molecule has 0 spiro atoms. The van der Waals surface area contributed by atoms with Crippen molar-refractivity contribution in [2.75, 3.05) is 36.4 Å². The van der Waals surface area contributed by atoms with Gasteiger partial charge in [-0.05, 0) is 17.9 Å². The minimum Gasteiger partial charge on any atom is -0.467 e. The van der Waals surface area contributed by atoms with Gasteiger partial charge in [-0.3, -0.25) is 5.43 Å². The lowest BCUT2D eigenvalue weighted by atomic mass is 10.2. The van der Waals surface area contributed by atoms with E-state index in [9.17, 15) is 0 Å². The highest BCUT2D eigenvalue weighted by Crippen LogP contribution is 2.11. The lowest BCUT2D eigenvalue weighted by molar-refractivity contribution is 0.379. The monoisotopic (exact) mass is 258 g/mol. The number of anilines is 2. The Balaban J connectivity index is 2.63. The number of aromatic nitrogens is 3. The van der Waals surface area contributed by atoms with Crippen molar-refractivity contribution in [1.82, 2.24) is 15.0 Å². The zero-order valence-electron chi connectivity index (χ0n) is 10.2. The van der Waals surface area contributed by atoms with Crippen LogP contribution in [0.1, 0.15) is 6.92 Å². The SMILES string of the molecule is COc1nc(NN)nc(NCC(C)CSC)n1. The van der Waals surface area contributed by atoms with E-state index in [1.54, 1.807) is 0 Å². The third-order valence-corrected chi connectivity index (χ3v) is 2.89. The Bertz CT molecular complexity index is 328. The van der Waals surface area contributed by atoms with E-state index in [1.165, 1.54) is 7.11 Å². The summed E-state index contributed by atoms with van der Waals surface area (Å²) in [6.45, 7) is 2.95. The summed E-state index contributed by atoms with van der Waals surface area (Å²) in [5, 5.41) is 3.13. The topological polar surface area (TPSA) is 98.0 Å². The number of hydrogen-bond donors (Lipinski definition) is 3. The number of thioether (sulfide) groups is 1. The highest BCUT2D eigenvalue weighted by atomic mass is 32.2. The van der Waals surface area contributed by atoms with Crippen molar-refractivity contribution in [1.29, 1.82) is 0 Å². The van der Waals surface area contributed by atoms with Crippen LogP contribution in [-0.2, 0) is 0 Å². The Morgan fingerprint density at radius 2 is 2.06 bits per heavy atom. The van der Waals surface area contributed by atoms with E-state index in [2.05, 4.69) is 38.9 Å². The van der Waals surface area contributed by atoms with Crippen LogP contribution in [0.25, 0.3) is 0 Å². The average Bonchev–Trinajstić information content (AvgIpc) is 2.36. The average molecular weight is 258 g/mol. The standard InChI is InChI=1S/C9H18N6OS/c1-6(5-17-3)4-11-7-12-8(15-10)14-9(13-7)16-2/h6H,4-5,10H2,1-3H3,(H2,11,12,13,14,15). The Labute approximate surface area is 105 Å². The van der Waals surface area contributed by atoms with Gasteiger partial charge in [0, 0.05) is 6.54 Å². The second kappa shape index (κ2) is 7.13. The molecule has 1 atom stereocenters. The van der Waals surface area contributed by atoms with Crippen molar-refractivity contribution < 1.29 is 4.74 Å². The summed E-state index contributed by atoms with van der Waals surface area (Å²) in [7, 11) is 1.50. The smallest absolute Gasteiger partial charge is 0.322 e. The molecule has 0 aliphatic rings. The maximum Gasteiger partial charge on any atom is 0.322 e. The number of nitrogens with two attached hydrogens (primary N) is 1. The molecule has 0 aromatic carbocycles. The predicted octanol–water partition coefficient (Wildman–Crippen LogP) is 0.577. The first-order valence-corrected chi connectivity index (χ1v) is 6.58. The quantitative estimate of drug-likeness (QED) is 0.482. The van der Waals surface area contributed by atoms with Gasteiger partial charge in [0.15, 0.2) is 0 Å². The Kier molecular flexibility index (Phi) is 5.78. The van der Waals surface area contributed by atoms with E-state index in [-0.39, 0.29) is 12.0 Å². The van der Waals surface area contributed by atoms with Crippen LogP contribution in [0, 0.1) is 5.92 Å².